The summed E-state index contributed by atoms with van der Waals surface area (Å²) in [5.41, 5.74) is 3.59. The predicted octanol–water partition coefficient (Wildman–Crippen LogP) is 5.75. The van der Waals surface area contributed by atoms with E-state index in [-0.39, 0.29) is 0 Å². The number of nitrogens with one attached hydrogen (secondary N) is 1. The average molecular weight is 322 g/mol. The van der Waals surface area contributed by atoms with Crippen molar-refractivity contribution in [3.8, 4) is 11.3 Å². The lowest BCUT2D eigenvalue weighted by atomic mass is 10.0. The summed E-state index contributed by atoms with van der Waals surface area (Å²) in [6.45, 7) is 0. The molecule has 1 nitrogen and oxygen atoms in total. The third-order valence-corrected chi connectivity index (χ3v) is 4.16. The third kappa shape index (κ3) is 1.84. The van der Waals surface area contributed by atoms with E-state index < -0.39 is 0 Å². The fourth-order valence-corrected chi connectivity index (χ4v) is 3.09. The second-order valence-corrected chi connectivity index (χ2v) is 5.86. The highest BCUT2D eigenvalue weighted by Gasteiger charge is 2.07. The average Bonchev–Trinajstić information content (AvgIpc) is 2.90. The van der Waals surface area contributed by atoms with Crippen molar-refractivity contribution < 1.29 is 0 Å². The van der Waals surface area contributed by atoms with Gasteiger partial charge in [0.1, 0.15) is 0 Å². The summed E-state index contributed by atoms with van der Waals surface area (Å²) >= 11 is 3.53. The first kappa shape index (κ1) is 11.7. The molecule has 4 rings (SSSR count). The van der Waals surface area contributed by atoms with E-state index in [4.69, 9.17) is 0 Å². The van der Waals surface area contributed by atoms with Crippen LogP contribution in [0.3, 0.4) is 0 Å². The smallest absolute Gasteiger partial charge is 0.0471 e. The Hall–Kier alpha value is -2.06. The molecule has 0 bridgehead atoms. The van der Waals surface area contributed by atoms with Gasteiger partial charge in [0.25, 0.3) is 0 Å². The van der Waals surface area contributed by atoms with E-state index in [0.717, 1.165) is 4.47 Å². The standard InChI is InChI=1S/C18H12BrN/c19-14-8-9-15-12(10-14)5-3-6-16(15)18-11-13-4-1-2-7-17(13)20-18/h1-11,20H. The maximum Gasteiger partial charge on any atom is 0.0471 e. The van der Waals surface area contributed by atoms with Crippen LogP contribution in [0.25, 0.3) is 32.9 Å². The SMILES string of the molecule is Brc1ccc2c(-c3cc4ccccc4[nH]3)cccc2c1. The van der Waals surface area contributed by atoms with Crippen LogP contribution >= 0.6 is 15.9 Å². The second-order valence-electron chi connectivity index (χ2n) is 4.94. The van der Waals surface area contributed by atoms with Crippen molar-refractivity contribution in [1.29, 1.82) is 0 Å². The van der Waals surface area contributed by atoms with Gasteiger partial charge in [-0.1, -0.05) is 58.4 Å². The van der Waals surface area contributed by atoms with Crippen LogP contribution in [0.5, 0.6) is 0 Å². The van der Waals surface area contributed by atoms with Gasteiger partial charge in [-0.25, -0.2) is 0 Å². The molecule has 3 aromatic carbocycles. The summed E-state index contributed by atoms with van der Waals surface area (Å²) in [6.07, 6.45) is 0. The highest BCUT2D eigenvalue weighted by Crippen LogP contribution is 2.31. The first-order valence-corrected chi connectivity index (χ1v) is 7.37. The van der Waals surface area contributed by atoms with Gasteiger partial charge in [0.2, 0.25) is 0 Å². The van der Waals surface area contributed by atoms with Gasteiger partial charge in [0.15, 0.2) is 0 Å². The largest absolute Gasteiger partial charge is 0.355 e. The third-order valence-electron chi connectivity index (χ3n) is 3.66. The fraction of sp³-hybridized carbons (Fsp3) is 0. The van der Waals surface area contributed by atoms with Gasteiger partial charge >= 0.3 is 0 Å². The van der Waals surface area contributed by atoms with E-state index in [1.807, 2.05) is 0 Å². The molecule has 0 saturated heterocycles. The number of rotatable bonds is 1. The van der Waals surface area contributed by atoms with Gasteiger partial charge in [-0.2, -0.15) is 0 Å². The number of aromatic amines is 1. The van der Waals surface area contributed by atoms with Crippen molar-refractivity contribution in [2.24, 2.45) is 0 Å². The quantitative estimate of drug-likeness (QED) is 0.459. The molecular formula is C18H12BrN. The Kier molecular flexibility index (Phi) is 2.64. The van der Waals surface area contributed by atoms with Crippen LogP contribution in [0.2, 0.25) is 0 Å². The number of halogens is 1. The van der Waals surface area contributed by atoms with Gasteiger partial charge in [0, 0.05) is 26.6 Å². The molecule has 0 atom stereocenters. The van der Waals surface area contributed by atoms with Crippen molar-refractivity contribution in [3.05, 3.63) is 71.2 Å². The van der Waals surface area contributed by atoms with E-state index in [1.165, 1.54) is 32.9 Å². The first-order valence-electron chi connectivity index (χ1n) is 6.58. The Morgan fingerprint density at radius 2 is 1.60 bits per heavy atom. The Labute approximate surface area is 125 Å². The zero-order chi connectivity index (χ0) is 13.5. The lowest BCUT2D eigenvalue weighted by Crippen LogP contribution is -1.81. The molecule has 1 heterocycles. The van der Waals surface area contributed by atoms with E-state index in [1.54, 1.807) is 0 Å². The molecule has 0 spiro atoms. The van der Waals surface area contributed by atoms with Crippen LogP contribution in [-0.2, 0) is 0 Å². The van der Waals surface area contributed by atoms with Crippen molar-refractivity contribution in [2.75, 3.05) is 0 Å². The molecule has 0 aliphatic heterocycles. The minimum Gasteiger partial charge on any atom is -0.355 e. The molecule has 0 radical (unpaired) electrons. The highest BCUT2D eigenvalue weighted by atomic mass is 79.9. The van der Waals surface area contributed by atoms with E-state index in [9.17, 15) is 0 Å². The Morgan fingerprint density at radius 3 is 2.50 bits per heavy atom. The summed E-state index contributed by atoms with van der Waals surface area (Å²) in [4.78, 5) is 3.51. The first-order chi connectivity index (χ1) is 9.81. The second kappa shape index (κ2) is 4.50. The van der Waals surface area contributed by atoms with Gasteiger partial charge in [-0.15, -0.1) is 0 Å². The van der Waals surface area contributed by atoms with Gasteiger partial charge in [-0.05, 0) is 35.0 Å². The summed E-state index contributed by atoms with van der Waals surface area (Å²) in [5, 5.41) is 3.76. The normalized spacial score (nSPS) is 11.2. The summed E-state index contributed by atoms with van der Waals surface area (Å²) in [6, 6.07) is 23.4. The minimum atomic E-state index is 1.11. The number of hydrogen-bond donors (Lipinski definition) is 1. The molecule has 0 saturated carbocycles. The Balaban J connectivity index is 2.01. The molecule has 0 aliphatic carbocycles. The number of para-hydroxylation sites is 1. The summed E-state index contributed by atoms with van der Waals surface area (Å²) in [5.74, 6) is 0. The summed E-state index contributed by atoms with van der Waals surface area (Å²) < 4.78 is 1.11. The van der Waals surface area contributed by atoms with Crippen molar-refractivity contribution in [1.82, 2.24) is 4.98 Å². The van der Waals surface area contributed by atoms with Gasteiger partial charge in [0.05, 0.1) is 0 Å². The molecule has 1 aromatic heterocycles. The molecule has 1 N–H and O–H groups in total. The monoisotopic (exact) mass is 321 g/mol. The van der Waals surface area contributed by atoms with Crippen LogP contribution in [0.1, 0.15) is 0 Å². The number of hydrogen-bond acceptors (Lipinski definition) is 0. The van der Waals surface area contributed by atoms with E-state index in [2.05, 4.69) is 87.6 Å². The molecule has 0 amide bonds. The Morgan fingerprint density at radius 1 is 0.750 bits per heavy atom. The van der Waals surface area contributed by atoms with Crippen LogP contribution in [-0.4, -0.2) is 4.98 Å². The fourth-order valence-electron chi connectivity index (χ4n) is 2.71. The molecule has 2 heteroatoms. The lowest BCUT2D eigenvalue weighted by Gasteiger charge is -2.05. The number of aromatic nitrogens is 1. The highest BCUT2D eigenvalue weighted by molar-refractivity contribution is 9.10. The zero-order valence-electron chi connectivity index (χ0n) is 10.7. The maximum atomic E-state index is 3.53. The van der Waals surface area contributed by atoms with Crippen molar-refractivity contribution in [3.63, 3.8) is 0 Å². The van der Waals surface area contributed by atoms with Gasteiger partial charge in [-0.3, -0.25) is 0 Å². The van der Waals surface area contributed by atoms with E-state index in [0.29, 0.717) is 0 Å². The number of H-pyrrole nitrogens is 1. The molecule has 96 valence electrons. The molecular weight excluding hydrogens is 310 g/mol. The van der Waals surface area contributed by atoms with Crippen LogP contribution in [0, 0.1) is 0 Å². The summed E-state index contributed by atoms with van der Waals surface area (Å²) in [7, 11) is 0. The van der Waals surface area contributed by atoms with Crippen LogP contribution in [0.15, 0.2) is 71.2 Å². The number of fused-ring (bicyclic) bond motifs is 2. The zero-order valence-corrected chi connectivity index (χ0v) is 12.3. The molecule has 0 fully saturated rings. The predicted molar refractivity (Wildman–Crippen MR) is 88.9 cm³/mol. The van der Waals surface area contributed by atoms with Gasteiger partial charge < -0.3 is 4.98 Å². The topological polar surface area (TPSA) is 15.8 Å². The lowest BCUT2D eigenvalue weighted by molar-refractivity contribution is 1.46. The Bertz CT molecular complexity index is 888. The van der Waals surface area contributed by atoms with Crippen LogP contribution < -0.4 is 0 Å². The maximum absolute atomic E-state index is 3.53. The van der Waals surface area contributed by atoms with Crippen molar-refractivity contribution in [2.45, 2.75) is 0 Å². The minimum absolute atomic E-state index is 1.11. The molecule has 4 aromatic rings. The molecule has 0 aliphatic rings. The molecule has 20 heavy (non-hydrogen) atoms. The molecule has 0 unspecified atom stereocenters. The number of benzene rings is 3. The van der Waals surface area contributed by atoms with Crippen LogP contribution in [0.4, 0.5) is 0 Å². The van der Waals surface area contributed by atoms with Crippen molar-refractivity contribution >= 4 is 37.6 Å². The van der Waals surface area contributed by atoms with E-state index >= 15 is 0 Å².